The molecule has 51 heavy (non-hydrogen) atoms. The second-order valence-electron chi connectivity index (χ2n) is 13.5. The summed E-state index contributed by atoms with van der Waals surface area (Å²) in [4.78, 5) is 10.2. The van der Waals surface area contributed by atoms with E-state index in [1.165, 1.54) is 59.1 Å². The van der Waals surface area contributed by atoms with Crippen LogP contribution in [-0.2, 0) is 5.41 Å². The average Bonchev–Trinajstić information content (AvgIpc) is 3.71. The molecule has 1 aliphatic rings. The Bertz CT molecular complexity index is 2750. The smallest absolute Gasteiger partial charge is 0.160 e. The van der Waals surface area contributed by atoms with Crippen LogP contribution in [0, 0.1) is 0 Å². The van der Waals surface area contributed by atoms with Gasteiger partial charge in [-0.1, -0.05) is 158 Å². The molecular weight excluding hydrogens is 637 g/mol. The summed E-state index contributed by atoms with van der Waals surface area (Å²) in [6, 6.07) is 63.3. The molecule has 1 unspecified atom stereocenters. The van der Waals surface area contributed by atoms with Crippen molar-refractivity contribution < 1.29 is 0 Å². The molecule has 3 heteroatoms. The molecule has 0 N–H and O–H groups in total. The first-order valence-corrected chi connectivity index (χ1v) is 18.2. The zero-order chi connectivity index (χ0) is 33.9. The molecule has 0 spiro atoms. The zero-order valence-electron chi connectivity index (χ0n) is 28.0. The summed E-state index contributed by atoms with van der Waals surface area (Å²) < 4.78 is 2.56. The highest BCUT2D eigenvalue weighted by atomic mass is 32.1. The maximum atomic E-state index is 5.13. The molecule has 240 valence electrons. The predicted molar refractivity (Wildman–Crippen MR) is 214 cm³/mol. The summed E-state index contributed by atoms with van der Waals surface area (Å²) >= 11 is 1.83. The number of fused-ring (bicyclic) bond motifs is 6. The lowest BCUT2D eigenvalue weighted by atomic mass is 9.74. The standard InChI is InChI=1S/C48H32N2S/c1-48(35-15-6-3-7-16-35)40-20-10-8-18-39(40)46-36(19-12-21-41(46)48)31-23-25-32(26-24-31)42-30-43(50-47(49-42)33-13-4-2-5-14-33)34-27-28-38-37-17-9-11-22-44(37)51-45(38)29-34/h2-30H,1H3. The van der Waals surface area contributed by atoms with Gasteiger partial charge in [0.05, 0.1) is 11.4 Å². The van der Waals surface area contributed by atoms with E-state index in [9.17, 15) is 0 Å². The van der Waals surface area contributed by atoms with E-state index in [0.29, 0.717) is 0 Å². The molecule has 0 aliphatic heterocycles. The molecule has 2 aromatic heterocycles. The number of aromatic nitrogens is 2. The number of nitrogens with zero attached hydrogens (tertiary/aromatic N) is 2. The van der Waals surface area contributed by atoms with E-state index >= 15 is 0 Å². The van der Waals surface area contributed by atoms with Crippen LogP contribution in [0.2, 0.25) is 0 Å². The highest BCUT2D eigenvalue weighted by Crippen LogP contribution is 2.55. The van der Waals surface area contributed by atoms with E-state index in [1.54, 1.807) is 0 Å². The zero-order valence-corrected chi connectivity index (χ0v) is 28.9. The number of hydrogen-bond donors (Lipinski definition) is 0. The first-order chi connectivity index (χ1) is 25.1. The van der Waals surface area contributed by atoms with Gasteiger partial charge in [-0.2, -0.15) is 0 Å². The summed E-state index contributed by atoms with van der Waals surface area (Å²) in [5.74, 6) is 0.723. The van der Waals surface area contributed by atoms with Crippen molar-refractivity contribution in [1.82, 2.24) is 9.97 Å². The van der Waals surface area contributed by atoms with Crippen molar-refractivity contribution in [3.05, 3.63) is 193 Å². The number of hydrogen-bond acceptors (Lipinski definition) is 3. The predicted octanol–water partition coefficient (Wildman–Crippen LogP) is 12.8. The minimum absolute atomic E-state index is 0.229. The van der Waals surface area contributed by atoms with Gasteiger partial charge in [0.1, 0.15) is 0 Å². The average molecular weight is 669 g/mol. The van der Waals surface area contributed by atoms with Gasteiger partial charge < -0.3 is 0 Å². The molecule has 1 aliphatic carbocycles. The minimum Gasteiger partial charge on any atom is -0.228 e. The van der Waals surface area contributed by atoms with Gasteiger partial charge in [-0.05, 0) is 64.1 Å². The largest absolute Gasteiger partial charge is 0.228 e. The summed E-state index contributed by atoms with van der Waals surface area (Å²) in [7, 11) is 0. The fraction of sp³-hybridized carbons (Fsp3) is 0.0417. The number of rotatable bonds is 5. The quantitative estimate of drug-likeness (QED) is 0.182. The van der Waals surface area contributed by atoms with Gasteiger partial charge in [0.25, 0.3) is 0 Å². The second kappa shape index (κ2) is 11.7. The first-order valence-electron chi connectivity index (χ1n) is 17.4. The van der Waals surface area contributed by atoms with Crippen molar-refractivity contribution in [2.45, 2.75) is 12.3 Å². The first kappa shape index (κ1) is 29.7. The monoisotopic (exact) mass is 668 g/mol. The molecule has 0 bridgehead atoms. The summed E-state index contributed by atoms with van der Waals surface area (Å²) in [5, 5.41) is 2.58. The van der Waals surface area contributed by atoms with Gasteiger partial charge in [0.2, 0.25) is 0 Å². The van der Waals surface area contributed by atoms with E-state index in [0.717, 1.165) is 33.9 Å². The van der Waals surface area contributed by atoms with Crippen molar-refractivity contribution in [2.75, 3.05) is 0 Å². The van der Waals surface area contributed by atoms with E-state index < -0.39 is 0 Å². The van der Waals surface area contributed by atoms with Crippen LogP contribution in [0.5, 0.6) is 0 Å². The molecule has 2 heterocycles. The van der Waals surface area contributed by atoms with Crippen LogP contribution in [0.25, 0.3) is 76.3 Å². The highest BCUT2D eigenvalue weighted by Gasteiger charge is 2.41. The molecule has 0 radical (unpaired) electrons. The van der Waals surface area contributed by atoms with Crippen LogP contribution < -0.4 is 0 Å². The number of thiophene rings is 1. The van der Waals surface area contributed by atoms with Gasteiger partial charge >= 0.3 is 0 Å². The Morgan fingerprint density at radius 2 is 1.04 bits per heavy atom. The third-order valence-corrected chi connectivity index (χ3v) is 11.7. The summed E-state index contributed by atoms with van der Waals surface area (Å²) in [6.45, 7) is 2.37. The van der Waals surface area contributed by atoms with E-state index in [-0.39, 0.29) is 5.41 Å². The van der Waals surface area contributed by atoms with Crippen molar-refractivity contribution in [2.24, 2.45) is 0 Å². The summed E-state index contributed by atoms with van der Waals surface area (Å²) in [6.07, 6.45) is 0. The van der Waals surface area contributed by atoms with Crippen LogP contribution in [0.1, 0.15) is 23.6 Å². The lowest BCUT2D eigenvalue weighted by molar-refractivity contribution is 0.714. The maximum Gasteiger partial charge on any atom is 0.160 e. The van der Waals surface area contributed by atoms with Gasteiger partial charge in [-0.15, -0.1) is 11.3 Å². The van der Waals surface area contributed by atoms with Crippen molar-refractivity contribution in [1.29, 1.82) is 0 Å². The number of benzene rings is 7. The molecule has 0 fully saturated rings. The van der Waals surface area contributed by atoms with Gasteiger partial charge in [0, 0.05) is 42.3 Å². The molecule has 7 aromatic carbocycles. The molecule has 9 aromatic rings. The van der Waals surface area contributed by atoms with E-state index in [2.05, 4.69) is 165 Å². The Morgan fingerprint density at radius 3 is 1.86 bits per heavy atom. The van der Waals surface area contributed by atoms with Gasteiger partial charge in [0.15, 0.2) is 5.82 Å². The normalized spacial score (nSPS) is 14.8. The minimum atomic E-state index is -0.229. The Morgan fingerprint density at radius 1 is 0.431 bits per heavy atom. The lowest BCUT2D eigenvalue weighted by Crippen LogP contribution is -2.22. The molecular formula is C48H32N2S. The van der Waals surface area contributed by atoms with Crippen LogP contribution in [0.15, 0.2) is 176 Å². The third kappa shape index (κ3) is 4.77. The third-order valence-electron chi connectivity index (χ3n) is 10.6. The Kier molecular flexibility index (Phi) is 6.83. The van der Waals surface area contributed by atoms with Crippen molar-refractivity contribution >= 4 is 31.5 Å². The lowest BCUT2D eigenvalue weighted by Gasteiger charge is -2.28. The van der Waals surface area contributed by atoms with Crippen LogP contribution in [0.4, 0.5) is 0 Å². The SMILES string of the molecule is CC1(c2ccccc2)c2ccccc2-c2c(-c3ccc(-c4cc(-c5ccc6c(c5)sc5ccccc56)nc(-c5ccccc5)n4)cc3)cccc21. The summed E-state index contributed by atoms with van der Waals surface area (Å²) in [5.41, 5.74) is 13.8. The Balaban J connectivity index is 1.08. The van der Waals surface area contributed by atoms with E-state index in [1.807, 2.05) is 29.5 Å². The highest BCUT2D eigenvalue weighted by molar-refractivity contribution is 7.25. The Labute approximate surface area is 301 Å². The molecule has 0 saturated carbocycles. The van der Waals surface area contributed by atoms with E-state index in [4.69, 9.17) is 9.97 Å². The van der Waals surface area contributed by atoms with Crippen molar-refractivity contribution in [3.63, 3.8) is 0 Å². The fourth-order valence-corrected chi connectivity index (χ4v) is 9.17. The van der Waals surface area contributed by atoms with Gasteiger partial charge in [-0.25, -0.2) is 9.97 Å². The topological polar surface area (TPSA) is 25.8 Å². The molecule has 0 saturated heterocycles. The van der Waals surface area contributed by atoms with Crippen LogP contribution >= 0.6 is 11.3 Å². The Hall–Kier alpha value is -6.16. The molecule has 10 rings (SSSR count). The molecule has 0 amide bonds. The second-order valence-corrected chi connectivity index (χ2v) is 14.6. The van der Waals surface area contributed by atoms with Gasteiger partial charge in [-0.3, -0.25) is 0 Å². The van der Waals surface area contributed by atoms with Crippen molar-refractivity contribution in [3.8, 4) is 56.2 Å². The maximum absolute atomic E-state index is 5.13. The molecule has 2 nitrogen and oxygen atoms in total. The fourth-order valence-electron chi connectivity index (χ4n) is 8.03. The van der Waals surface area contributed by atoms with Crippen LogP contribution in [-0.4, -0.2) is 9.97 Å². The van der Waals surface area contributed by atoms with Crippen LogP contribution in [0.3, 0.4) is 0 Å². The molecule has 1 atom stereocenters.